The van der Waals surface area contributed by atoms with Crippen molar-refractivity contribution in [3.63, 3.8) is 0 Å². The van der Waals surface area contributed by atoms with E-state index in [1.165, 1.54) is 0 Å². The number of nitrogens with one attached hydrogen (secondary N) is 1. The van der Waals surface area contributed by atoms with Crippen molar-refractivity contribution in [2.45, 2.75) is 19.8 Å². The van der Waals surface area contributed by atoms with Gasteiger partial charge >= 0.3 is 0 Å². The van der Waals surface area contributed by atoms with Crippen molar-refractivity contribution >= 4 is 44.7 Å². The number of allylic oxidation sites excluding steroid dienone is 4. The van der Waals surface area contributed by atoms with E-state index in [0.29, 0.717) is 17.1 Å². The number of nitrogens with zero attached hydrogens (tertiary/aromatic N) is 1. The Labute approximate surface area is 149 Å². The van der Waals surface area contributed by atoms with Gasteiger partial charge < -0.3 is 10.1 Å². The predicted molar refractivity (Wildman–Crippen MR) is 99.5 cm³/mol. The van der Waals surface area contributed by atoms with E-state index < -0.39 is 0 Å². The highest BCUT2D eigenvalue weighted by Crippen LogP contribution is 2.33. The van der Waals surface area contributed by atoms with Gasteiger partial charge in [-0.1, -0.05) is 29.8 Å². The molecule has 0 unspecified atom stereocenters. The molecule has 0 aliphatic heterocycles. The summed E-state index contributed by atoms with van der Waals surface area (Å²) in [6.45, 7) is 1.94. The summed E-state index contributed by atoms with van der Waals surface area (Å²) >= 11 is 7.96. The van der Waals surface area contributed by atoms with Crippen LogP contribution in [-0.2, 0) is 9.53 Å². The molecule has 124 valence electrons. The molecular weight excluding hydrogens is 344 g/mol. The van der Waals surface area contributed by atoms with Crippen LogP contribution in [0.2, 0.25) is 5.02 Å². The largest absolute Gasteiger partial charge is 0.501 e. The van der Waals surface area contributed by atoms with Crippen molar-refractivity contribution in [1.82, 2.24) is 4.98 Å². The lowest BCUT2D eigenvalue weighted by atomic mass is 10.1. The van der Waals surface area contributed by atoms with Crippen molar-refractivity contribution in [1.29, 1.82) is 0 Å². The van der Waals surface area contributed by atoms with E-state index in [-0.39, 0.29) is 12.3 Å². The number of fused-ring (bicyclic) bond motifs is 1. The number of benzene rings is 1. The van der Waals surface area contributed by atoms with Crippen LogP contribution in [0, 0.1) is 6.92 Å². The standard InChI is InChI=1S/C18H17ClN2O2S/c1-11-20-18-15(24-11)9-8-14(17(18)19)21-16(22)10-12-4-3-5-13(23-2)7-6-12/h3-6,8-9H,7,10H2,1-2H3,(H,21,22). The Morgan fingerprint density at radius 2 is 2.29 bits per heavy atom. The molecule has 24 heavy (non-hydrogen) atoms. The SMILES string of the molecule is COC1=CC=CC(CC(=O)Nc2ccc3sc(C)nc3c2Cl)=CC1. The minimum atomic E-state index is -0.111. The third kappa shape index (κ3) is 3.68. The molecule has 4 nitrogen and oxygen atoms in total. The Morgan fingerprint density at radius 1 is 1.46 bits per heavy atom. The van der Waals surface area contributed by atoms with Crippen LogP contribution in [-0.4, -0.2) is 18.0 Å². The van der Waals surface area contributed by atoms with E-state index in [0.717, 1.165) is 26.6 Å². The molecule has 0 fully saturated rings. The van der Waals surface area contributed by atoms with Crippen LogP contribution in [0.3, 0.4) is 0 Å². The number of thiazole rings is 1. The second-order valence-corrected chi connectivity index (χ2v) is 7.02. The molecule has 1 aromatic heterocycles. The highest BCUT2D eigenvalue weighted by molar-refractivity contribution is 7.18. The van der Waals surface area contributed by atoms with Gasteiger partial charge in [-0.25, -0.2) is 4.98 Å². The van der Waals surface area contributed by atoms with Crippen LogP contribution in [0.5, 0.6) is 0 Å². The number of ether oxygens (including phenoxy) is 1. The van der Waals surface area contributed by atoms with Crippen molar-refractivity contribution in [3.05, 3.63) is 57.8 Å². The van der Waals surface area contributed by atoms with Crippen LogP contribution in [0.4, 0.5) is 5.69 Å². The fourth-order valence-electron chi connectivity index (χ4n) is 2.48. The molecule has 1 aromatic carbocycles. The van der Waals surface area contributed by atoms with E-state index in [4.69, 9.17) is 16.3 Å². The van der Waals surface area contributed by atoms with Crippen molar-refractivity contribution in [3.8, 4) is 0 Å². The summed E-state index contributed by atoms with van der Waals surface area (Å²) in [6.07, 6.45) is 8.66. The van der Waals surface area contributed by atoms with Crippen molar-refractivity contribution < 1.29 is 9.53 Å². The van der Waals surface area contributed by atoms with Crippen LogP contribution in [0.25, 0.3) is 10.2 Å². The third-order valence-electron chi connectivity index (χ3n) is 3.66. The summed E-state index contributed by atoms with van der Waals surface area (Å²) in [6, 6.07) is 3.75. The number of halogens is 1. The monoisotopic (exact) mass is 360 g/mol. The van der Waals surface area contributed by atoms with Gasteiger partial charge in [-0.15, -0.1) is 11.3 Å². The summed E-state index contributed by atoms with van der Waals surface area (Å²) in [7, 11) is 1.64. The van der Waals surface area contributed by atoms with Crippen molar-refractivity contribution in [2.75, 3.05) is 12.4 Å². The van der Waals surface area contributed by atoms with Crippen LogP contribution in [0.15, 0.2) is 47.8 Å². The quantitative estimate of drug-likeness (QED) is 0.834. The fraction of sp³-hybridized carbons (Fsp3) is 0.222. The summed E-state index contributed by atoms with van der Waals surface area (Å²) in [5.41, 5.74) is 2.27. The first-order chi connectivity index (χ1) is 11.6. The number of aryl methyl sites for hydroxylation is 1. The first-order valence-corrected chi connectivity index (χ1v) is 8.72. The Hall–Kier alpha value is -2.11. The van der Waals surface area contributed by atoms with E-state index in [9.17, 15) is 4.79 Å². The van der Waals surface area contributed by atoms with Crippen LogP contribution in [0.1, 0.15) is 17.8 Å². The maximum atomic E-state index is 12.3. The van der Waals surface area contributed by atoms with E-state index in [1.54, 1.807) is 18.4 Å². The van der Waals surface area contributed by atoms with Gasteiger partial charge in [0, 0.05) is 6.42 Å². The molecule has 1 aliphatic carbocycles. The van der Waals surface area contributed by atoms with Gasteiger partial charge in [0.2, 0.25) is 5.91 Å². The zero-order valence-electron chi connectivity index (χ0n) is 13.4. The molecule has 3 rings (SSSR count). The summed E-state index contributed by atoms with van der Waals surface area (Å²) < 4.78 is 6.24. The molecular formula is C18H17ClN2O2S. The number of anilines is 1. The zero-order chi connectivity index (χ0) is 17.1. The molecule has 2 aromatic rings. The number of aromatic nitrogens is 1. The minimum absolute atomic E-state index is 0.111. The average Bonchev–Trinajstić information content (AvgIpc) is 2.79. The van der Waals surface area contributed by atoms with Gasteiger partial charge in [-0.2, -0.15) is 0 Å². The lowest BCUT2D eigenvalue weighted by molar-refractivity contribution is -0.115. The molecule has 0 atom stereocenters. The van der Waals surface area contributed by atoms with Crippen molar-refractivity contribution in [2.24, 2.45) is 0 Å². The normalized spacial score (nSPS) is 14.1. The van der Waals surface area contributed by atoms with Gasteiger partial charge in [-0.3, -0.25) is 4.79 Å². The number of amides is 1. The van der Waals surface area contributed by atoms with E-state index in [2.05, 4.69) is 10.3 Å². The molecule has 1 N–H and O–H groups in total. The maximum absolute atomic E-state index is 12.3. The summed E-state index contributed by atoms with van der Waals surface area (Å²) in [4.78, 5) is 16.7. The van der Waals surface area contributed by atoms with Crippen LogP contribution >= 0.6 is 22.9 Å². The summed E-state index contributed by atoms with van der Waals surface area (Å²) in [5, 5.41) is 4.31. The van der Waals surface area contributed by atoms with E-state index in [1.807, 2.05) is 43.4 Å². The lowest BCUT2D eigenvalue weighted by Gasteiger charge is -2.08. The third-order valence-corrected chi connectivity index (χ3v) is 4.98. The number of methoxy groups -OCH3 is 1. The fourth-order valence-corrected chi connectivity index (χ4v) is 3.62. The zero-order valence-corrected chi connectivity index (χ0v) is 15.0. The Balaban J connectivity index is 1.71. The number of carbonyl (C=O) groups excluding carboxylic acids is 1. The molecule has 0 saturated carbocycles. The average molecular weight is 361 g/mol. The smallest absolute Gasteiger partial charge is 0.228 e. The van der Waals surface area contributed by atoms with E-state index >= 15 is 0 Å². The molecule has 0 saturated heterocycles. The molecule has 1 aliphatic rings. The predicted octanol–water partition coefficient (Wildman–Crippen LogP) is 5.00. The van der Waals surface area contributed by atoms with Gasteiger partial charge in [0.25, 0.3) is 0 Å². The summed E-state index contributed by atoms with van der Waals surface area (Å²) in [5.74, 6) is 0.758. The Kier molecular flexibility index (Phi) is 5.02. The molecule has 0 spiro atoms. The minimum Gasteiger partial charge on any atom is -0.501 e. The number of rotatable bonds is 4. The lowest BCUT2D eigenvalue weighted by Crippen LogP contribution is -2.12. The molecule has 1 amide bonds. The number of hydrogen-bond donors (Lipinski definition) is 1. The Bertz CT molecular complexity index is 881. The maximum Gasteiger partial charge on any atom is 0.228 e. The highest BCUT2D eigenvalue weighted by Gasteiger charge is 2.13. The number of carbonyl (C=O) groups is 1. The molecule has 0 bridgehead atoms. The Morgan fingerprint density at radius 3 is 3.08 bits per heavy atom. The second kappa shape index (κ2) is 7.20. The van der Waals surface area contributed by atoms with Gasteiger partial charge in [0.1, 0.15) is 5.52 Å². The van der Waals surface area contributed by atoms with Crippen LogP contribution < -0.4 is 5.32 Å². The molecule has 6 heteroatoms. The molecule has 1 heterocycles. The molecule has 0 radical (unpaired) electrons. The topological polar surface area (TPSA) is 51.2 Å². The first-order valence-electron chi connectivity index (χ1n) is 7.52. The highest BCUT2D eigenvalue weighted by atomic mass is 35.5. The number of hydrogen-bond acceptors (Lipinski definition) is 4. The van der Waals surface area contributed by atoms with Gasteiger partial charge in [-0.05, 0) is 30.7 Å². The second-order valence-electron chi connectivity index (χ2n) is 5.41. The van der Waals surface area contributed by atoms with Gasteiger partial charge in [0.15, 0.2) is 0 Å². The first kappa shape index (κ1) is 16.7. The van der Waals surface area contributed by atoms with Gasteiger partial charge in [0.05, 0.1) is 39.7 Å².